The van der Waals surface area contributed by atoms with Crippen LogP contribution in [0, 0.1) is 0 Å². The van der Waals surface area contributed by atoms with Gasteiger partial charge in [-0.05, 0) is 30.5 Å². The molecule has 0 atom stereocenters. The molecule has 4 nitrogen and oxygen atoms in total. The largest absolute Gasteiger partial charge is 0.366 e. The quantitative estimate of drug-likeness (QED) is 0.921. The van der Waals surface area contributed by atoms with E-state index in [1.807, 2.05) is 0 Å². The maximum absolute atomic E-state index is 4.28. The molecule has 0 bridgehead atoms. The minimum atomic E-state index is 0.503. The SMILES string of the molecule is Brc1ccc(CN2CCC(Nc3cnccn3)CC2)cc1. The highest BCUT2D eigenvalue weighted by molar-refractivity contribution is 9.10. The molecule has 1 N–H and O–H groups in total. The van der Waals surface area contributed by atoms with Crippen LogP contribution in [0.4, 0.5) is 5.82 Å². The van der Waals surface area contributed by atoms with Crippen LogP contribution in [0.5, 0.6) is 0 Å². The van der Waals surface area contributed by atoms with Gasteiger partial charge in [-0.1, -0.05) is 28.1 Å². The molecule has 1 aromatic carbocycles. The first-order valence-electron chi connectivity index (χ1n) is 7.29. The topological polar surface area (TPSA) is 41.0 Å². The van der Waals surface area contributed by atoms with Crippen molar-refractivity contribution in [1.29, 1.82) is 0 Å². The van der Waals surface area contributed by atoms with Crippen molar-refractivity contribution in [1.82, 2.24) is 14.9 Å². The van der Waals surface area contributed by atoms with E-state index in [0.717, 1.165) is 42.8 Å². The molecular formula is C16H19BrN4. The highest BCUT2D eigenvalue weighted by Gasteiger charge is 2.19. The summed E-state index contributed by atoms with van der Waals surface area (Å²) >= 11 is 3.48. The van der Waals surface area contributed by atoms with Crippen LogP contribution in [0.3, 0.4) is 0 Å². The summed E-state index contributed by atoms with van der Waals surface area (Å²) in [5.74, 6) is 0.879. The zero-order valence-corrected chi connectivity index (χ0v) is 13.5. The number of anilines is 1. The van der Waals surface area contributed by atoms with E-state index < -0.39 is 0 Å². The molecule has 1 aliphatic heterocycles. The number of hydrogen-bond acceptors (Lipinski definition) is 4. The molecular weight excluding hydrogens is 328 g/mol. The van der Waals surface area contributed by atoms with Gasteiger partial charge in [0.05, 0.1) is 6.20 Å². The van der Waals surface area contributed by atoms with Gasteiger partial charge in [-0.25, -0.2) is 4.98 Å². The molecule has 0 aliphatic carbocycles. The summed E-state index contributed by atoms with van der Waals surface area (Å²) in [5.41, 5.74) is 1.37. The van der Waals surface area contributed by atoms with E-state index in [1.165, 1.54) is 5.56 Å². The Kier molecular flexibility index (Phi) is 4.83. The van der Waals surface area contributed by atoms with Crippen molar-refractivity contribution >= 4 is 21.7 Å². The van der Waals surface area contributed by atoms with Crippen molar-refractivity contribution in [3.8, 4) is 0 Å². The first-order valence-corrected chi connectivity index (χ1v) is 8.08. The van der Waals surface area contributed by atoms with Crippen LogP contribution in [-0.4, -0.2) is 34.0 Å². The van der Waals surface area contributed by atoms with Gasteiger partial charge in [0.2, 0.25) is 0 Å². The zero-order valence-electron chi connectivity index (χ0n) is 11.9. The Morgan fingerprint density at radius 2 is 1.90 bits per heavy atom. The summed E-state index contributed by atoms with van der Waals surface area (Å²) < 4.78 is 1.14. The van der Waals surface area contributed by atoms with Gasteiger partial charge >= 0.3 is 0 Å². The molecule has 3 rings (SSSR count). The summed E-state index contributed by atoms with van der Waals surface area (Å²) in [7, 11) is 0. The molecule has 110 valence electrons. The van der Waals surface area contributed by atoms with Crippen LogP contribution in [0.1, 0.15) is 18.4 Å². The van der Waals surface area contributed by atoms with Gasteiger partial charge in [0, 0.05) is 42.5 Å². The molecule has 1 saturated heterocycles. The summed E-state index contributed by atoms with van der Waals surface area (Å²) in [4.78, 5) is 10.9. The normalized spacial score (nSPS) is 16.8. The lowest BCUT2D eigenvalue weighted by atomic mass is 10.0. The van der Waals surface area contributed by atoms with E-state index in [9.17, 15) is 0 Å². The van der Waals surface area contributed by atoms with Crippen LogP contribution in [0.2, 0.25) is 0 Å². The molecule has 5 heteroatoms. The lowest BCUT2D eigenvalue weighted by Gasteiger charge is -2.32. The van der Waals surface area contributed by atoms with Crippen LogP contribution in [0.25, 0.3) is 0 Å². The molecule has 1 fully saturated rings. The average molecular weight is 347 g/mol. The summed E-state index contributed by atoms with van der Waals surface area (Å²) in [6.07, 6.45) is 7.51. The second-order valence-corrected chi connectivity index (χ2v) is 6.33. The van der Waals surface area contributed by atoms with E-state index in [-0.39, 0.29) is 0 Å². The molecule has 0 amide bonds. The Labute approximate surface area is 133 Å². The van der Waals surface area contributed by atoms with Crippen LogP contribution < -0.4 is 5.32 Å². The van der Waals surface area contributed by atoms with Gasteiger partial charge < -0.3 is 5.32 Å². The number of benzene rings is 1. The minimum Gasteiger partial charge on any atom is -0.366 e. The molecule has 2 heterocycles. The predicted octanol–water partition coefficient (Wildman–Crippen LogP) is 3.32. The van der Waals surface area contributed by atoms with E-state index in [0.29, 0.717) is 6.04 Å². The Bertz CT molecular complexity index is 550. The second kappa shape index (κ2) is 7.00. The van der Waals surface area contributed by atoms with Gasteiger partial charge in [-0.3, -0.25) is 9.88 Å². The molecule has 0 radical (unpaired) electrons. The van der Waals surface area contributed by atoms with E-state index in [1.54, 1.807) is 18.6 Å². The number of halogens is 1. The number of rotatable bonds is 4. The number of piperidine rings is 1. The van der Waals surface area contributed by atoms with Crippen molar-refractivity contribution < 1.29 is 0 Å². The maximum atomic E-state index is 4.28. The molecule has 0 spiro atoms. The molecule has 21 heavy (non-hydrogen) atoms. The summed E-state index contributed by atoms with van der Waals surface area (Å²) in [6, 6.07) is 9.10. The van der Waals surface area contributed by atoms with Gasteiger partial charge in [0.25, 0.3) is 0 Å². The fourth-order valence-electron chi connectivity index (χ4n) is 2.67. The van der Waals surface area contributed by atoms with Crippen molar-refractivity contribution in [3.63, 3.8) is 0 Å². The number of nitrogens with one attached hydrogen (secondary N) is 1. The fraction of sp³-hybridized carbons (Fsp3) is 0.375. The van der Waals surface area contributed by atoms with Crippen molar-refractivity contribution in [2.24, 2.45) is 0 Å². The molecule has 0 saturated carbocycles. The third-order valence-electron chi connectivity index (χ3n) is 3.82. The predicted molar refractivity (Wildman–Crippen MR) is 88.1 cm³/mol. The third-order valence-corrected chi connectivity index (χ3v) is 4.35. The zero-order chi connectivity index (χ0) is 14.5. The summed E-state index contributed by atoms with van der Waals surface area (Å²) in [6.45, 7) is 3.27. The van der Waals surface area contributed by atoms with Gasteiger partial charge in [0.15, 0.2) is 0 Å². The minimum absolute atomic E-state index is 0.503. The van der Waals surface area contributed by atoms with Crippen LogP contribution >= 0.6 is 15.9 Å². The van der Waals surface area contributed by atoms with Crippen LogP contribution in [-0.2, 0) is 6.54 Å². The summed E-state index contributed by atoms with van der Waals surface area (Å²) in [5, 5.41) is 3.47. The number of hydrogen-bond donors (Lipinski definition) is 1. The first-order chi connectivity index (χ1) is 10.3. The molecule has 1 aromatic heterocycles. The standard InChI is InChI=1S/C16H19BrN4/c17-14-3-1-13(2-4-14)12-21-9-5-15(6-10-21)20-16-11-18-7-8-19-16/h1-4,7-8,11,15H,5-6,9-10,12H2,(H,19,20). The van der Waals surface area contributed by atoms with Crippen molar-refractivity contribution in [2.45, 2.75) is 25.4 Å². The second-order valence-electron chi connectivity index (χ2n) is 5.41. The lowest BCUT2D eigenvalue weighted by Crippen LogP contribution is -2.38. The molecule has 0 unspecified atom stereocenters. The van der Waals surface area contributed by atoms with E-state index >= 15 is 0 Å². The Hall–Kier alpha value is -1.46. The van der Waals surface area contributed by atoms with Crippen molar-refractivity contribution in [2.75, 3.05) is 18.4 Å². The van der Waals surface area contributed by atoms with Gasteiger partial charge in [-0.2, -0.15) is 0 Å². The van der Waals surface area contributed by atoms with Crippen molar-refractivity contribution in [3.05, 3.63) is 52.9 Å². The Morgan fingerprint density at radius 3 is 2.57 bits per heavy atom. The fourth-order valence-corrected chi connectivity index (χ4v) is 2.93. The first kappa shape index (κ1) is 14.5. The highest BCUT2D eigenvalue weighted by Crippen LogP contribution is 2.18. The number of aromatic nitrogens is 2. The van der Waals surface area contributed by atoms with Gasteiger partial charge in [0.1, 0.15) is 5.82 Å². The van der Waals surface area contributed by atoms with Crippen LogP contribution in [0.15, 0.2) is 47.3 Å². The highest BCUT2D eigenvalue weighted by atomic mass is 79.9. The average Bonchev–Trinajstić information content (AvgIpc) is 2.53. The van der Waals surface area contributed by atoms with Gasteiger partial charge in [-0.15, -0.1) is 0 Å². The van der Waals surface area contributed by atoms with E-state index in [2.05, 4.69) is 60.4 Å². The Balaban J connectivity index is 1.47. The van der Waals surface area contributed by atoms with E-state index in [4.69, 9.17) is 0 Å². The monoisotopic (exact) mass is 346 g/mol. The molecule has 2 aromatic rings. The smallest absolute Gasteiger partial charge is 0.144 e. The molecule has 1 aliphatic rings. The Morgan fingerprint density at radius 1 is 1.14 bits per heavy atom. The number of likely N-dealkylation sites (tertiary alicyclic amines) is 1. The lowest BCUT2D eigenvalue weighted by molar-refractivity contribution is 0.211. The maximum Gasteiger partial charge on any atom is 0.144 e. The third kappa shape index (κ3) is 4.25. The number of nitrogens with zero attached hydrogens (tertiary/aromatic N) is 3.